The Morgan fingerprint density at radius 2 is 1.90 bits per heavy atom. The van der Waals surface area contributed by atoms with Crippen LogP contribution in [0, 0.1) is 11.3 Å². The first kappa shape index (κ1) is 15.3. The van der Waals surface area contributed by atoms with Gasteiger partial charge in [0.15, 0.2) is 5.78 Å². The molecule has 1 unspecified atom stereocenters. The average Bonchev–Trinajstić information content (AvgIpc) is 2.50. The highest BCUT2D eigenvalue weighted by atomic mass is 79.9. The molecule has 0 heterocycles. The molecule has 0 aliphatic heterocycles. The third-order valence-corrected chi connectivity index (χ3v) is 3.78. The Labute approximate surface area is 132 Å². The summed E-state index contributed by atoms with van der Waals surface area (Å²) in [7, 11) is 0. The van der Waals surface area contributed by atoms with E-state index in [0.29, 0.717) is 23.5 Å². The van der Waals surface area contributed by atoms with Crippen LogP contribution in [-0.2, 0) is 0 Å². The summed E-state index contributed by atoms with van der Waals surface area (Å²) >= 11 is 3.39. The fraction of sp³-hybridized carbons (Fsp3) is 0.176. The number of Topliss-reactive ketones (excluding diaryl/α,β-unsaturated/α-hetero) is 1. The molecular formula is C17H14BrNO2. The fourth-order valence-electron chi connectivity index (χ4n) is 2.09. The lowest BCUT2D eigenvalue weighted by atomic mass is 9.91. The van der Waals surface area contributed by atoms with Gasteiger partial charge in [0.25, 0.3) is 0 Å². The zero-order chi connectivity index (χ0) is 15.2. The molecule has 0 saturated carbocycles. The number of halogens is 1. The molecular weight excluding hydrogens is 330 g/mol. The first-order chi connectivity index (χ1) is 10.2. The molecule has 0 N–H and O–H groups in total. The summed E-state index contributed by atoms with van der Waals surface area (Å²) in [5.74, 6) is -0.604. The summed E-state index contributed by atoms with van der Waals surface area (Å²) in [6.07, 6.45) is 0. The number of hydrogen-bond acceptors (Lipinski definition) is 3. The highest BCUT2D eigenvalue weighted by molar-refractivity contribution is 9.10. The Hall–Kier alpha value is -2.12. The van der Waals surface area contributed by atoms with Crippen molar-refractivity contribution in [3.05, 3.63) is 64.1 Å². The second-order valence-corrected chi connectivity index (χ2v) is 5.23. The highest BCUT2D eigenvalue weighted by Gasteiger charge is 2.25. The maximum Gasteiger partial charge on any atom is 0.188 e. The topological polar surface area (TPSA) is 50.1 Å². The predicted molar refractivity (Wildman–Crippen MR) is 84.4 cm³/mol. The van der Waals surface area contributed by atoms with E-state index < -0.39 is 5.92 Å². The van der Waals surface area contributed by atoms with Gasteiger partial charge in [0.2, 0.25) is 0 Å². The lowest BCUT2D eigenvalue weighted by Gasteiger charge is -2.13. The van der Waals surface area contributed by atoms with Crippen LogP contribution in [0.5, 0.6) is 5.75 Å². The number of carbonyl (C=O) groups is 1. The number of nitriles is 1. The van der Waals surface area contributed by atoms with Gasteiger partial charge in [-0.05, 0) is 30.7 Å². The Balaban J connectivity index is 2.43. The molecule has 3 nitrogen and oxygen atoms in total. The van der Waals surface area contributed by atoms with Gasteiger partial charge < -0.3 is 4.74 Å². The fourth-order valence-corrected chi connectivity index (χ4v) is 2.60. The van der Waals surface area contributed by atoms with E-state index in [9.17, 15) is 10.1 Å². The van der Waals surface area contributed by atoms with Crippen molar-refractivity contribution in [1.29, 1.82) is 5.26 Å². The van der Waals surface area contributed by atoms with Crippen LogP contribution >= 0.6 is 15.9 Å². The largest absolute Gasteiger partial charge is 0.493 e. The summed E-state index contributed by atoms with van der Waals surface area (Å²) in [5.41, 5.74) is 1.10. The number of carbonyl (C=O) groups excluding carboxylic acids is 1. The molecule has 1 atom stereocenters. The van der Waals surface area contributed by atoms with E-state index in [1.807, 2.05) is 31.2 Å². The van der Waals surface area contributed by atoms with Crippen LogP contribution < -0.4 is 4.74 Å². The molecule has 2 aromatic carbocycles. The number of ether oxygens (including phenoxy) is 1. The second-order valence-electron chi connectivity index (χ2n) is 4.38. The molecule has 0 radical (unpaired) electrons. The van der Waals surface area contributed by atoms with Crippen LogP contribution in [-0.4, -0.2) is 12.4 Å². The summed E-state index contributed by atoms with van der Waals surface area (Å²) in [4.78, 5) is 12.7. The van der Waals surface area contributed by atoms with Crippen molar-refractivity contribution >= 4 is 21.7 Å². The Bertz CT molecular complexity index is 691. The third-order valence-electron chi connectivity index (χ3n) is 3.06. The zero-order valence-electron chi connectivity index (χ0n) is 11.5. The quantitative estimate of drug-likeness (QED) is 0.758. The second kappa shape index (κ2) is 7.05. The molecule has 0 amide bonds. The van der Waals surface area contributed by atoms with Gasteiger partial charge in [0, 0.05) is 4.47 Å². The maximum absolute atomic E-state index is 12.7. The minimum atomic E-state index is -0.859. The first-order valence-corrected chi connectivity index (χ1v) is 7.38. The van der Waals surface area contributed by atoms with Crippen molar-refractivity contribution in [2.24, 2.45) is 0 Å². The van der Waals surface area contributed by atoms with Crippen LogP contribution in [0.4, 0.5) is 0 Å². The van der Waals surface area contributed by atoms with Crippen LogP contribution in [0.2, 0.25) is 0 Å². The molecule has 0 bridgehead atoms. The van der Waals surface area contributed by atoms with E-state index in [-0.39, 0.29) is 5.78 Å². The number of para-hydroxylation sites is 1. The predicted octanol–water partition coefficient (Wildman–Crippen LogP) is 4.34. The van der Waals surface area contributed by atoms with E-state index in [2.05, 4.69) is 22.0 Å². The average molecular weight is 344 g/mol. The van der Waals surface area contributed by atoms with E-state index >= 15 is 0 Å². The summed E-state index contributed by atoms with van der Waals surface area (Å²) in [5, 5.41) is 9.42. The molecule has 21 heavy (non-hydrogen) atoms. The van der Waals surface area contributed by atoms with Gasteiger partial charge in [0.05, 0.1) is 18.2 Å². The van der Waals surface area contributed by atoms with Crippen molar-refractivity contribution in [3.8, 4) is 11.8 Å². The van der Waals surface area contributed by atoms with Gasteiger partial charge in [-0.2, -0.15) is 5.26 Å². The van der Waals surface area contributed by atoms with Crippen molar-refractivity contribution in [2.45, 2.75) is 12.8 Å². The smallest absolute Gasteiger partial charge is 0.188 e. The van der Waals surface area contributed by atoms with Crippen molar-refractivity contribution < 1.29 is 9.53 Å². The minimum absolute atomic E-state index is 0.256. The molecule has 4 heteroatoms. The van der Waals surface area contributed by atoms with Gasteiger partial charge >= 0.3 is 0 Å². The monoisotopic (exact) mass is 343 g/mol. The summed E-state index contributed by atoms with van der Waals surface area (Å²) in [6, 6.07) is 16.4. The van der Waals surface area contributed by atoms with E-state index in [1.165, 1.54) is 0 Å². The van der Waals surface area contributed by atoms with Gasteiger partial charge in [0.1, 0.15) is 11.7 Å². The summed E-state index contributed by atoms with van der Waals surface area (Å²) in [6.45, 7) is 2.33. The summed E-state index contributed by atoms with van der Waals surface area (Å²) < 4.78 is 6.23. The number of benzene rings is 2. The molecule has 0 spiro atoms. The number of ketones is 1. The SMILES string of the molecule is CCOc1ccccc1C(=O)C(C#N)c1ccccc1Br. The van der Waals surface area contributed by atoms with Crippen molar-refractivity contribution in [1.82, 2.24) is 0 Å². The first-order valence-electron chi connectivity index (χ1n) is 6.59. The third kappa shape index (κ3) is 3.32. The molecule has 0 fully saturated rings. The van der Waals surface area contributed by atoms with Gasteiger partial charge in [-0.15, -0.1) is 0 Å². The number of hydrogen-bond donors (Lipinski definition) is 0. The Morgan fingerprint density at radius 1 is 1.24 bits per heavy atom. The van der Waals surface area contributed by atoms with Crippen LogP contribution in [0.3, 0.4) is 0 Å². The maximum atomic E-state index is 12.7. The van der Waals surface area contributed by atoms with Crippen LogP contribution in [0.1, 0.15) is 28.8 Å². The van der Waals surface area contributed by atoms with E-state index in [4.69, 9.17) is 4.74 Å². The van der Waals surface area contributed by atoms with Gasteiger partial charge in [-0.25, -0.2) is 0 Å². The van der Waals surface area contributed by atoms with Crippen molar-refractivity contribution in [2.75, 3.05) is 6.61 Å². The molecule has 0 aliphatic rings. The molecule has 0 aromatic heterocycles. The van der Waals surface area contributed by atoms with Crippen molar-refractivity contribution in [3.63, 3.8) is 0 Å². The zero-order valence-corrected chi connectivity index (χ0v) is 13.1. The lowest BCUT2D eigenvalue weighted by molar-refractivity contribution is 0.0975. The van der Waals surface area contributed by atoms with Gasteiger partial charge in [-0.1, -0.05) is 46.3 Å². The molecule has 106 valence electrons. The molecule has 2 rings (SSSR count). The van der Waals surface area contributed by atoms with E-state index in [1.54, 1.807) is 24.3 Å². The lowest BCUT2D eigenvalue weighted by Crippen LogP contribution is -2.13. The number of nitrogens with zero attached hydrogens (tertiary/aromatic N) is 1. The normalized spacial score (nSPS) is 11.5. The minimum Gasteiger partial charge on any atom is -0.493 e. The molecule has 2 aromatic rings. The van der Waals surface area contributed by atoms with Crippen LogP contribution in [0.25, 0.3) is 0 Å². The Morgan fingerprint density at radius 3 is 2.57 bits per heavy atom. The van der Waals surface area contributed by atoms with E-state index in [0.717, 1.165) is 4.47 Å². The molecule has 0 saturated heterocycles. The van der Waals surface area contributed by atoms with Crippen LogP contribution in [0.15, 0.2) is 53.0 Å². The van der Waals surface area contributed by atoms with Gasteiger partial charge in [-0.3, -0.25) is 4.79 Å². The number of rotatable bonds is 5. The Kier molecular flexibility index (Phi) is 5.13. The standard InChI is InChI=1S/C17H14BrNO2/c1-2-21-16-10-6-4-8-13(16)17(20)14(11-19)12-7-3-5-9-15(12)18/h3-10,14H,2H2,1H3. The highest BCUT2D eigenvalue weighted by Crippen LogP contribution is 2.30. The molecule has 0 aliphatic carbocycles.